The molecule has 0 atom stereocenters. The number of carbonyl (C=O) groups excluding carboxylic acids is 1. The van der Waals surface area contributed by atoms with Crippen molar-refractivity contribution < 1.29 is 9.53 Å². The van der Waals surface area contributed by atoms with Crippen LogP contribution < -0.4 is 0 Å². The molecule has 1 aromatic heterocycles. The average Bonchev–Trinajstić information content (AvgIpc) is 2.46. The summed E-state index contributed by atoms with van der Waals surface area (Å²) in [5.74, 6) is -0.181. The number of aromatic amines is 1. The molecule has 0 bridgehead atoms. The second-order valence-electron chi connectivity index (χ2n) is 3.31. The van der Waals surface area contributed by atoms with Gasteiger partial charge in [0.2, 0.25) is 0 Å². The van der Waals surface area contributed by atoms with Crippen LogP contribution in [0.15, 0.2) is 0 Å². The number of aromatic nitrogens is 2. The number of esters is 1. The largest absolute Gasteiger partial charge is 0.465 e. The van der Waals surface area contributed by atoms with Crippen LogP contribution in [0.5, 0.6) is 0 Å². The number of nitrogens with zero attached hydrogens (tertiary/aromatic N) is 1. The van der Waals surface area contributed by atoms with Crippen LogP contribution in [0.2, 0.25) is 0 Å². The minimum atomic E-state index is -0.181. The molecule has 0 spiro atoms. The molecule has 1 aromatic rings. The van der Waals surface area contributed by atoms with Crippen LogP contribution >= 0.6 is 0 Å². The quantitative estimate of drug-likeness (QED) is 0.743. The first kappa shape index (κ1) is 10.8. The number of H-pyrrole nitrogens is 1. The molecule has 4 heteroatoms. The SMILES string of the molecule is CCCOC(=O)Cc1c(C)n[nH]c1C. The summed E-state index contributed by atoms with van der Waals surface area (Å²) in [5, 5.41) is 6.86. The third-order valence-electron chi connectivity index (χ3n) is 2.07. The fourth-order valence-corrected chi connectivity index (χ4v) is 1.25. The Kier molecular flexibility index (Phi) is 3.68. The lowest BCUT2D eigenvalue weighted by atomic mass is 10.1. The maximum atomic E-state index is 11.3. The molecular weight excluding hydrogens is 180 g/mol. The Hall–Kier alpha value is -1.32. The first-order chi connectivity index (χ1) is 6.65. The number of aryl methyl sites for hydroxylation is 2. The molecule has 0 fully saturated rings. The average molecular weight is 196 g/mol. The van der Waals surface area contributed by atoms with E-state index in [2.05, 4.69) is 10.2 Å². The van der Waals surface area contributed by atoms with Crippen LogP contribution in [0.1, 0.15) is 30.3 Å². The predicted molar refractivity (Wildman–Crippen MR) is 53.0 cm³/mol. The summed E-state index contributed by atoms with van der Waals surface area (Å²) < 4.78 is 4.99. The van der Waals surface area contributed by atoms with Crippen LogP contribution in [0.4, 0.5) is 0 Å². The van der Waals surface area contributed by atoms with E-state index in [0.717, 1.165) is 23.4 Å². The number of carbonyl (C=O) groups is 1. The molecule has 0 amide bonds. The zero-order valence-electron chi connectivity index (χ0n) is 8.89. The Morgan fingerprint density at radius 1 is 1.50 bits per heavy atom. The molecule has 1 N–H and O–H groups in total. The van der Waals surface area contributed by atoms with Crippen molar-refractivity contribution in [1.29, 1.82) is 0 Å². The molecular formula is C10H16N2O2. The van der Waals surface area contributed by atoms with Crippen molar-refractivity contribution in [2.45, 2.75) is 33.6 Å². The highest BCUT2D eigenvalue weighted by Gasteiger charge is 2.11. The highest BCUT2D eigenvalue weighted by Crippen LogP contribution is 2.10. The number of rotatable bonds is 4. The molecule has 0 aliphatic rings. The van der Waals surface area contributed by atoms with E-state index in [0.29, 0.717) is 13.0 Å². The van der Waals surface area contributed by atoms with E-state index in [4.69, 9.17) is 4.74 Å². The van der Waals surface area contributed by atoms with Gasteiger partial charge in [0, 0.05) is 11.3 Å². The topological polar surface area (TPSA) is 55.0 Å². The first-order valence-corrected chi connectivity index (χ1v) is 4.81. The fourth-order valence-electron chi connectivity index (χ4n) is 1.25. The number of nitrogens with one attached hydrogen (secondary N) is 1. The molecule has 1 heterocycles. The number of ether oxygens (including phenoxy) is 1. The Bertz CT molecular complexity index is 298. The normalized spacial score (nSPS) is 10.2. The zero-order valence-corrected chi connectivity index (χ0v) is 8.89. The van der Waals surface area contributed by atoms with Crippen molar-refractivity contribution in [1.82, 2.24) is 10.2 Å². The van der Waals surface area contributed by atoms with Crippen molar-refractivity contribution in [3.05, 3.63) is 17.0 Å². The van der Waals surface area contributed by atoms with Crippen LogP contribution in [-0.2, 0) is 16.0 Å². The van der Waals surface area contributed by atoms with Gasteiger partial charge in [0.15, 0.2) is 0 Å². The van der Waals surface area contributed by atoms with Gasteiger partial charge in [-0.05, 0) is 20.3 Å². The smallest absolute Gasteiger partial charge is 0.310 e. The molecule has 1 rings (SSSR count). The Balaban J connectivity index is 2.55. The van der Waals surface area contributed by atoms with Gasteiger partial charge in [-0.25, -0.2) is 0 Å². The second-order valence-corrected chi connectivity index (χ2v) is 3.31. The van der Waals surface area contributed by atoms with E-state index in [1.807, 2.05) is 20.8 Å². The molecule has 0 aliphatic carbocycles. The Morgan fingerprint density at radius 2 is 2.21 bits per heavy atom. The van der Waals surface area contributed by atoms with E-state index in [1.54, 1.807) is 0 Å². The standard InChI is InChI=1S/C10H16N2O2/c1-4-5-14-10(13)6-9-7(2)11-12-8(9)3/h4-6H2,1-3H3,(H,11,12). The molecule has 0 radical (unpaired) electrons. The lowest BCUT2D eigenvalue weighted by Crippen LogP contribution is -2.09. The molecule has 0 saturated carbocycles. The van der Waals surface area contributed by atoms with Gasteiger partial charge in [0.25, 0.3) is 0 Å². The van der Waals surface area contributed by atoms with Crippen LogP contribution in [-0.4, -0.2) is 22.8 Å². The summed E-state index contributed by atoms with van der Waals surface area (Å²) in [6, 6.07) is 0. The van der Waals surface area contributed by atoms with Crippen LogP contribution in [0, 0.1) is 13.8 Å². The van der Waals surface area contributed by atoms with Gasteiger partial charge in [-0.2, -0.15) is 5.10 Å². The summed E-state index contributed by atoms with van der Waals surface area (Å²) >= 11 is 0. The molecule has 0 saturated heterocycles. The molecule has 78 valence electrons. The number of hydrogen-bond acceptors (Lipinski definition) is 3. The van der Waals surface area contributed by atoms with E-state index >= 15 is 0 Å². The van der Waals surface area contributed by atoms with E-state index in [-0.39, 0.29) is 5.97 Å². The zero-order chi connectivity index (χ0) is 10.6. The highest BCUT2D eigenvalue weighted by molar-refractivity contribution is 5.73. The van der Waals surface area contributed by atoms with Gasteiger partial charge in [-0.15, -0.1) is 0 Å². The van der Waals surface area contributed by atoms with Gasteiger partial charge < -0.3 is 4.74 Å². The summed E-state index contributed by atoms with van der Waals surface area (Å²) in [7, 11) is 0. The lowest BCUT2D eigenvalue weighted by molar-refractivity contribution is -0.142. The van der Waals surface area contributed by atoms with Crippen molar-refractivity contribution in [3.63, 3.8) is 0 Å². The van der Waals surface area contributed by atoms with Gasteiger partial charge in [-0.3, -0.25) is 9.89 Å². The molecule has 0 aromatic carbocycles. The minimum absolute atomic E-state index is 0.181. The summed E-state index contributed by atoms with van der Waals surface area (Å²) in [6.45, 7) is 6.25. The summed E-state index contributed by atoms with van der Waals surface area (Å²) in [5.41, 5.74) is 2.76. The van der Waals surface area contributed by atoms with Crippen molar-refractivity contribution in [2.75, 3.05) is 6.61 Å². The van der Waals surface area contributed by atoms with Gasteiger partial charge in [0.1, 0.15) is 0 Å². The third-order valence-corrected chi connectivity index (χ3v) is 2.07. The van der Waals surface area contributed by atoms with Gasteiger partial charge in [-0.1, -0.05) is 6.92 Å². The van der Waals surface area contributed by atoms with Crippen molar-refractivity contribution in [3.8, 4) is 0 Å². The van der Waals surface area contributed by atoms with Crippen molar-refractivity contribution in [2.24, 2.45) is 0 Å². The van der Waals surface area contributed by atoms with Crippen molar-refractivity contribution >= 4 is 5.97 Å². The highest BCUT2D eigenvalue weighted by atomic mass is 16.5. The molecule has 0 unspecified atom stereocenters. The first-order valence-electron chi connectivity index (χ1n) is 4.81. The van der Waals surface area contributed by atoms with Crippen LogP contribution in [0.25, 0.3) is 0 Å². The fraction of sp³-hybridized carbons (Fsp3) is 0.600. The van der Waals surface area contributed by atoms with Gasteiger partial charge in [0.05, 0.1) is 18.7 Å². The van der Waals surface area contributed by atoms with E-state index in [1.165, 1.54) is 0 Å². The van der Waals surface area contributed by atoms with Crippen LogP contribution in [0.3, 0.4) is 0 Å². The van der Waals surface area contributed by atoms with E-state index in [9.17, 15) is 4.79 Å². The van der Waals surface area contributed by atoms with Gasteiger partial charge >= 0.3 is 5.97 Å². The molecule has 0 aliphatic heterocycles. The maximum Gasteiger partial charge on any atom is 0.310 e. The Labute approximate surface area is 83.7 Å². The molecule has 4 nitrogen and oxygen atoms in total. The lowest BCUT2D eigenvalue weighted by Gasteiger charge is -2.02. The summed E-state index contributed by atoms with van der Waals surface area (Å²) in [4.78, 5) is 11.3. The second kappa shape index (κ2) is 4.79. The third kappa shape index (κ3) is 2.58. The minimum Gasteiger partial charge on any atom is -0.465 e. The Morgan fingerprint density at radius 3 is 2.71 bits per heavy atom. The monoisotopic (exact) mass is 196 g/mol. The maximum absolute atomic E-state index is 11.3. The molecule has 14 heavy (non-hydrogen) atoms. The number of hydrogen-bond donors (Lipinski definition) is 1. The summed E-state index contributed by atoms with van der Waals surface area (Å²) in [6.07, 6.45) is 1.17. The van der Waals surface area contributed by atoms with E-state index < -0.39 is 0 Å². The predicted octanol–water partition coefficient (Wildman–Crippen LogP) is 1.52.